The molecular formula is C19H27F3N2O3S. The first kappa shape index (κ1) is 22.8. The van der Waals surface area contributed by atoms with Crippen LogP contribution in [0.15, 0.2) is 29.2 Å². The molecule has 0 spiro atoms. The fraction of sp³-hybridized carbons (Fsp3) is 0.632. The van der Waals surface area contributed by atoms with Crippen molar-refractivity contribution in [1.29, 1.82) is 0 Å². The average Bonchev–Trinajstić information content (AvgIpc) is 2.62. The molecule has 1 unspecified atom stereocenters. The summed E-state index contributed by atoms with van der Waals surface area (Å²) in [5, 5.41) is 0. The van der Waals surface area contributed by atoms with Crippen molar-refractivity contribution in [2.24, 2.45) is 0 Å². The molecule has 0 amide bonds. The van der Waals surface area contributed by atoms with Crippen molar-refractivity contribution >= 4 is 17.0 Å². The van der Waals surface area contributed by atoms with Gasteiger partial charge in [-0.05, 0) is 51.8 Å². The van der Waals surface area contributed by atoms with Crippen LogP contribution < -0.4 is 0 Å². The zero-order chi connectivity index (χ0) is 20.9. The predicted octanol–water partition coefficient (Wildman–Crippen LogP) is 3.47. The minimum absolute atomic E-state index is 0.0335. The average molecular weight is 420 g/mol. The molecule has 0 aromatic heterocycles. The maximum atomic E-state index is 13.1. The van der Waals surface area contributed by atoms with Gasteiger partial charge in [0, 0.05) is 25.2 Å². The molecule has 1 heterocycles. The highest BCUT2D eigenvalue weighted by atomic mass is 32.2. The number of halogens is 3. The van der Waals surface area contributed by atoms with Crippen LogP contribution >= 0.6 is 0 Å². The molecule has 5 nitrogen and oxygen atoms in total. The lowest BCUT2D eigenvalue weighted by Gasteiger charge is -2.39. The van der Waals surface area contributed by atoms with Crippen LogP contribution in [0, 0.1) is 0 Å². The third kappa shape index (κ3) is 6.02. The van der Waals surface area contributed by atoms with Crippen molar-refractivity contribution in [3.63, 3.8) is 0 Å². The number of piperidine rings is 1. The SMILES string of the molecule is CCOC(=O)CN1CCC(N(C(C)C)S(=O)c2cccc(C(F)(F)F)c2)CC1. The van der Waals surface area contributed by atoms with E-state index >= 15 is 0 Å². The number of carbonyl (C=O) groups is 1. The second-order valence-electron chi connectivity index (χ2n) is 7.04. The number of alkyl halides is 3. The van der Waals surface area contributed by atoms with Gasteiger partial charge in [0.25, 0.3) is 0 Å². The summed E-state index contributed by atoms with van der Waals surface area (Å²) in [5.41, 5.74) is -0.800. The molecule has 0 aliphatic carbocycles. The molecule has 1 atom stereocenters. The zero-order valence-electron chi connectivity index (χ0n) is 16.4. The molecule has 2 rings (SSSR count). The lowest BCUT2D eigenvalue weighted by atomic mass is 10.0. The van der Waals surface area contributed by atoms with Crippen molar-refractivity contribution in [1.82, 2.24) is 9.21 Å². The standard InChI is InChI=1S/C19H27F3N2O3S/c1-4-27-18(25)13-23-10-8-16(9-11-23)24(14(2)3)28(26)17-7-5-6-15(12-17)19(20,21)22/h5-7,12,14,16H,4,8-11,13H2,1-3H3. The molecule has 1 saturated heterocycles. The summed E-state index contributed by atoms with van der Waals surface area (Å²) in [4.78, 5) is 13.8. The first-order chi connectivity index (χ1) is 13.1. The molecule has 1 aromatic rings. The minimum atomic E-state index is -4.47. The van der Waals surface area contributed by atoms with E-state index in [1.165, 1.54) is 12.1 Å². The predicted molar refractivity (Wildman–Crippen MR) is 101 cm³/mol. The molecule has 1 aliphatic rings. The van der Waals surface area contributed by atoms with Gasteiger partial charge in [-0.3, -0.25) is 9.69 Å². The van der Waals surface area contributed by atoms with Crippen molar-refractivity contribution in [3.05, 3.63) is 29.8 Å². The van der Waals surface area contributed by atoms with Crippen LogP contribution in [0.3, 0.4) is 0 Å². The number of rotatable bonds is 7. The Labute approximate surface area is 166 Å². The van der Waals surface area contributed by atoms with Gasteiger partial charge in [0.2, 0.25) is 0 Å². The van der Waals surface area contributed by atoms with E-state index in [-0.39, 0.29) is 29.5 Å². The Bertz CT molecular complexity index is 689. The molecule has 0 saturated carbocycles. The Morgan fingerprint density at radius 1 is 1.32 bits per heavy atom. The van der Waals surface area contributed by atoms with Crippen LogP contribution in [0.25, 0.3) is 0 Å². The highest BCUT2D eigenvalue weighted by molar-refractivity contribution is 7.82. The summed E-state index contributed by atoms with van der Waals surface area (Å²) in [6, 6.07) is 4.56. The van der Waals surface area contributed by atoms with Crippen LogP contribution in [0.4, 0.5) is 13.2 Å². The van der Waals surface area contributed by atoms with Gasteiger partial charge in [0.1, 0.15) is 11.0 Å². The quantitative estimate of drug-likeness (QED) is 0.634. The van der Waals surface area contributed by atoms with Gasteiger partial charge >= 0.3 is 12.1 Å². The largest absolute Gasteiger partial charge is 0.465 e. The number of carbonyl (C=O) groups excluding carboxylic acids is 1. The second-order valence-corrected chi connectivity index (χ2v) is 8.43. The maximum Gasteiger partial charge on any atom is 0.416 e. The molecule has 0 bridgehead atoms. The van der Waals surface area contributed by atoms with Gasteiger partial charge in [0.15, 0.2) is 0 Å². The first-order valence-electron chi connectivity index (χ1n) is 9.39. The minimum Gasteiger partial charge on any atom is -0.465 e. The fourth-order valence-corrected chi connectivity index (χ4v) is 4.90. The van der Waals surface area contributed by atoms with Crippen LogP contribution in [0.1, 0.15) is 39.2 Å². The highest BCUT2D eigenvalue weighted by Crippen LogP contribution is 2.31. The van der Waals surface area contributed by atoms with E-state index < -0.39 is 22.7 Å². The van der Waals surface area contributed by atoms with Gasteiger partial charge in [-0.25, -0.2) is 8.51 Å². The Balaban J connectivity index is 2.08. The lowest BCUT2D eigenvalue weighted by Crippen LogP contribution is -2.49. The third-order valence-electron chi connectivity index (χ3n) is 4.64. The summed E-state index contributed by atoms with van der Waals surface area (Å²) in [6.07, 6.45) is -3.11. The number of hydrogen-bond acceptors (Lipinski definition) is 4. The number of likely N-dealkylation sites (tertiary alicyclic amines) is 1. The molecule has 0 N–H and O–H groups in total. The van der Waals surface area contributed by atoms with Crippen molar-refractivity contribution in [2.45, 2.75) is 56.8 Å². The Kier molecular flexibility index (Phi) is 8.03. The molecule has 1 aromatic carbocycles. The number of nitrogens with zero attached hydrogens (tertiary/aromatic N) is 2. The normalized spacial score (nSPS) is 17.9. The maximum absolute atomic E-state index is 13.1. The zero-order valence-corrected chi connectivity index (χ0v) is 17.2. The molecular weight excluding hydrogens is 393 g/mol. The summed E-state index contributed by atoms with van der Waals surface area (Å²) >= 11 is 0. The first-order valence-corrected chi connectivity index (χ1v) is 10.5. The topological polar surface area (TPSA) is 49.9 Å². The van der Waals surface area contributed by atoms with Crippen molar-refractivity contribution in [2.75, 3.05) is 26.2 Å². The Morgan fingerprint density at radius 3 is 2.50 bits per heavy atom. The monoisotopic (exact) mass is 420 g/mol. The number of benzene rings is 1. The summed E-state index contributed by atoms with van der Waals surface area (Å²) in [7, 11) is -1.70. The number of ether oxygens (including phenoxy) is 1. The van der Waals surface area contributed by atoms with E-state index in [1.807, 2.05) is 18.7 Å². The van der Waals surface area contributed by atoms with E-state index in [1.54, 1.807) is 11.2 Å². The second kappa shape index (κ2) is 9.84. The van der Waals surface area contributed by atoms with E-state index in [0.29, 0.717) is 32.5 Å². The van der Waals surface area contributed by atoms with Gasteiger partial charge in [-0.2, -0.15) is 13.2 Å². The molecule has 158 valence electrons. The Morgan fingerprint density at radius 2 is 1.96 bits per heavy atom. The van der Waals surface area contributed by atoms with E-state index in [0.717, 1.165) is 12.1 Å². The summed E-state index contributed by atoms with van der Waals surface area (Å²) < 4.78 is 58.8. The number of hydrogen-bond donors (Lipinski definition) is 0. The Hall–Kier alpha value is -1.45. The van der Waals surface area contributed by atoms with Gasteiger partial charge in [-0.1, -0.05) is 6.07 Å². The molecule has 28 heavy (non-hydrogen) atoms. The van der Waals surface area contributed by atoms with E-state index in [9.17, 15) is 22.2 Å². The smallest absolute Gasteiger partial charge is 0.416 e. The number of esters is 1. The van der Waals surface area contributed by atoms with Crippen LogP contribution in [-0.2, 0) is 26.7 Å². The van der Waals surface area contributed by atoms with Gasteiger partial charge < -0.3 is 4.74 Å². The summed E-state index contributed by atoms with van der Waals surface area (Å²) in [5.74, 6) is -0.269. The lowest BCUT2D eigenvalue weighted by molar-refractivity contribution is -0.144. The fourth-order valence-electron chi connectivity index (χ4n) is 3.37. The third-order valence-corrected chi connectivity index (χ3v) is 6.40. The molecule has 1 fully saturated rings. The summed E-state index contributed by atoms with van der Waals surface area (Å²) in [6.45, 7) is 7.38. The van der Waals surface area contributed by atoms with Crippen molar-refractivity contribution in [3.8, 4) is 0 Å². The van der Waals surface area contributed by atoms with Crippen LogP contribution in [0.2, 0.25) is 0 Å². The molecule has 1 aliphatic heterocycles. The van der Waals surface area contributed by atoms with Gasteiger partial charge in [0.05, 0.1) is 23.6 Å². The van der Waals surface area contributed by atoms with Crippen molar-refractivity contribution < 1.29 is 26.9 Å². The van der Waals surface area contributed by atoms with E-state index in [2.05, 4.69) is 0 Å². The molecule has 9 heteroatoms. The highest BCUT2D eigenvalue weighted by Gasteiger charge is 2.34. The van der Waals surface area contributed by atoms with Gasteiger partial charge in [-0.15, -0.1) is 0 Å². The molecule has 0 radical (unpaired) electrons. The van der Waals surface area contributed by atoms with E-state index in [4.69, 9.17) is 4.74 Å². The van der Waals surface area contributed by atoms with Crippen LogP contribution in [-0.4, -0.2) is 57.7 Å². The van der Waals surface area contributed by atoms with Crippen LogP contribution in [0.5, 0.6) is 0 Å².